The predicted molar refractivity (Wildman–Crippen MR) is 114 cm³/mol. The van der Waals surface area contributed by atoms with Gasteiger partial charge in [0.25, 0.3) is 0 Å². The molecule has 1 spiro atoms. The lowest BCUT2D eigenvalue weighted by Crippen LogP contribution is -2.40. The minimum Gasteiger partial charge on any atom is -0.361 e. The van der Waals surface area contributed by atoms with Crippen LogP contribution in [0.15, 0.2) is 34.9 Å². The summed E-state index contributed by atoms with van der Waals surface area (Å²) >= 11 is 0. The quantitative estimate of drug-likeness (QED) is 0.732. The van der Waals surface area contributed by atoms with Crippen molar-refractivity contribution in [3.8, 4) is 0 Å². The Hall–Kier alpha value is -2.63. The zero-order valence-corrected chi connectivity index (χ0v) is 18.2. The summed E-state index contributed by atoms with van der Waals surface area (Å²) in [6.45, 7) is 5.97. The first kappa shape index (κ1) is 20.6. The normalized spacial score (nSPS) is 19.7. The topological polar surface area (TPSA) is 66.7 Å². The summed E-state index contributed by atoms with van der Waals surface area (Å²) in [4.78, 5) is 29.4. The number of aryl methyl sites for hydroxylation is 2. The van der Waals surface area contributed by atoms with Gasteiger partial charge in [-0.25, -0.2) is 0 Å². The molecule has 30 heavy (non-hydrogen) atoms. The first-order valence-corrected chi connectivity index (χ1v) is 10.9. The second kappa shape index (κ2) is 8.25. The van der Waals surface area contributed by atoms with Gasteiger partial charge in [-0.1, -0.05) is 35.5 Å². The van der Waals surface area contributed by atoms with Crippen molar-refractivity contribution in [3.63, 3.8) is 0 Å². The average Bonchev–Trinajstić information content (AvgIpc) is 3.35. The Morgan fingerprint density at radius 1 is 1.20 bits per heavy atom. The maximum absolute atomic E-state index is 12.9. The van der Waals surface area contributed by atoms with Crippen LogP contribution in [-0.2, 0) is 22.6 Å². The smallest absolute Gasteiger partial charge is 0.226 e. The van der Waals surface area contributed by atoms with E-state index in [2.05, 4.69) is 17.3 Å². The molecule has 6 nitrogen and oxygen atoms in total. The molecule has 2 aromatic rings. The van der Waals surface area contributed by atoms with Crippen molar-refractivity contribution in [3.05, 3.63) is 52.9 Å². The molecule has 1 saturated heterocycles. The van der Waals surface area contributed by atoms with Crippen molar-refractivity contribution < 1.29 is 14.1 Å². The Morgan fingerprint density at radius 3 is 2.53 bits per heavy atom. The molecule has 0 N–H and O–H groups in total. The predicted octanol–water partition coefficient (Wildman–Crippen LogP) is 3.51. The van der Waals surface area contributed by atoms with Crippen LogP contribution in [0.3, 0.4) is 0 Å². The van der Waals surface area contributed by atoms with Gasteiger partial charge in [-0.05, 0) is 50.5 Å². The maximum Gasteiger partial charge on any atom is 0.226 e. The van der Waals surface area contributed by atoms with Crippen LogP contribution in [0.5, 0.6) is 0 Å². The van der Waals surface area contributed by atoms with Crippen LogP contribution < -0.4 is 0 Å². The number of benzene rings is 1. The molecule has 2 amide bonds. The van der Waals surface area contributed by atoms with Crippen molar-refractivity contribution in [2.45, 2.75) is 52.5 Å². The molecule has 2 aliphatic rings. The van der Waals surface area contributed by atoms with Gasteiger partial charge in [0.1, 0.15) is 5.76 Å². The first-order chi connectivity index (χ1) is 14.4. The molecule has 0 bridgehead atoms. The van der Waals surface area contributed by atoms with Crippen LogP contribution in [0, 0.1) is 25.2 Å². The lowest BCUT2D eigenvalue weighted by atomic mass is 9.90. The maximum atomic E-state index is 12.9. The Labute approximate surface area is 178 Å². The molecule has 1 aliphatic heterocycles. The largest absolute Gasteiger partial charge is 0.361 e. The van der Waals surface area contributed by atoms with Crippen molar-refractivity contribution in [1.82, 2.24) is 15.0 Å². The van der Waals surface area contributed by atoms with Gasteiger partial charge in [-0.15, -0.1) is 0 Å². The van der Waals surface area contributed by atoms with Gasteiger partial charge in [-0.2, -0.15) is 0 Å². The number of rotatable bonds is 6. The number of carbonyl (C=O) groups is 2. The third-order valence-electron chi connectivity index (χ3n) is 7.01. The van der Waals surface area contributed by atoms with E-state index in [1.54, 1.807) is 0 Å². The number of hydrogen-bond donors (Lipinski definition) is 0. The van der Waals surface area contributed by atoms with Gasteiger partial charge in [0.2, 0.25) is 11.8 Å². The van der Waals surface area contributed by atoms with Crippen molar-refractivity contribution >= 4 is 11.8 Å². The average molecular weight is 410 g/mol. The van der Waals surface area contributed by atoms with Gasteiger partial charge in [0, 0.05) is 44.6 Å². The molecular formula is C24H31N3O3. The minimum absolute atomic E-state index is 0.112. The number of hydrogen-bond acceptors (Lipinski definition) is 4. The van der Waals surface area contributed by atoms with E-state index in [1.807, 2.05) is 48.9 Å². The lowest BCUT2D eigenvalue weighted by molar-refractivity contribution is -0.134. The molecule has 1 saturated carbocycles. The standard InChI is InChI=1S/C24H31N3O3/c1-17-20(18(2)30-25-17)9-10-22(28)27-13-11-24(12-14-27)15-21(24)23(29)26(3)16-19-7-5-4-6-8-19/h4-8,21H,9-16H2,1-3H3. The molecule has 160 valence electrons. The molecule has 1 aromatic heterocycles. The fraction of sp³-hybridized carbons (Fsp3) is 0.542. The third kappa shape index (κ3) is 4.13. The van der Waals surface area contributed by atoms with Crippen LogP contribution >= 0.6 is 0 Å². The van der Waals surface area contributed by atoms with Crippen LogP contribution in [0.4, 0.5) is 0 Å². The highest BCUT2D eigenvalue weighted by Gasteiger charge is 2.59. The van der Waals surface area contributed by atoms with E-state index in [4.69, 9.17) is 4.52 Å². The Balaban J connectivity index is 1.25. The fourth-order valence-electron chi connectivity index (χ4n) is 4.90. The van der Waals surface area contributed by atoms with E-state index in [0.717, 1.165) is 54.9 Å². The van der Waals surface area contributed by atoms with E-state index < -0.39 is 0 Å². The molecule has 2 fully saturated rings. The molecule has 1 unspecified atom stereocenters. The van der Waals surface area contributed by atoms with Gasteiger partial charge >= 0.3 is 0 Å². The molecule has 6 heteroatoms. The summed E-state index contributed by atoms with van der Waals surface area (Å²) < 4.78 is 5.19. The van der Waals surface area contributed by atoms with Crippen molar-refractivity contribution in [1.29, 1.82) is 0 Å². The SMILES string of the molecule is Cc1noc(C)c1CCC(=O)N1CCC2(CC1)CC2C(=O)N(C)Cc1ccccc1. The van der Waals surface area contributed by atoms with Gasteiger partial charge in [0.15, 0.2) is 0 Å². The van der Waals surface area contributed by atoms with E-state index in [9.17, 15) is 9.59 Å². The second-order valence-electron chi connectivity index (χ2n) is 8.98. The van der Waals surface area contributed by atoms with Gasteiger partial charge in [-0.3, -0.25) is 9.59 Å². The number of piperidine rings is 1. The zero-order chi connectivity index (χ0) is 21.3. The summed E-state index contributed by atoms with van der Waals surface area (Å²) in [6.07, 6.45) is 3.98. The summed E-state index contributed by atoms with van der Waals surface area (Å²) in [5.74, 6) is 1.36. The zero-order valence-electron chi connectivity index (χ0n) is 18.2. The molecule has 2 heterocycles. The Morgan fingerprint density at radius 2 is 1.90 bits per heavy atom. The minimum atomic E-state index is 0.112. The van der Waals surface area contributed by atoms with Crippen molar-refractivity contribution in [2.75, 3.05) is 20.1 Å². The van der Waals surface area contributed by atoms with Crippen LogP contribution in [-0.4, -0.2) is 46.9 Å². The molecule has 1 atom stereocenters. The van der Waals surface area contributed by atoms with Crippen LogP contribution in [0.2, 0.25) is 0 Å². The van der Waals surface area contributed by atoms with E-state index >= 15 is 0 Å². The van der Waals surface area contributed by atoms with Crippen LogP contribution in [0.1, 0.15) is 48.3 Å². The number of likely N-dealkylation sites (tertiary alicyclic amines) is 1. The summed E-state index contributed by atoms with van der Waals surface area (Å²) in [5.41, 5.74) is 3.19. The summed E-state index contributed by atoms with van der Waals surface area (Å²) in [5, 5.41) is 3.96. The van der Waals surface area contributed by atoms with Crippen LogP contribution in [0.25, 0.3) is 0 Å². The highest BCUT2D eigenvalue weighted by atomic mass is 16.5. The molecule has 4 rings (SSSR count). The molecular weight excluding hydrogens is 378 g/mol. The number of amides is 2. The number of carbonyl (C=O) groups excluding carboxylic acids is 2. The molecule has 1 aliphatic carbocycles. The van der Waals surface area contributed by atoms with E-state index in [0.29, 0.717) is 19.4 Å². The lowest BCUT2D eigenvalue weighted by Gasteiger charge is -2.33. The van der Waals surface area contributed by atoms with Crippen molar-refractivity contribution in [2.24, 2.45) is 11.3 Å². The van der Waals surface area contributed by atoms with E-state index in [-0.39, 0.29) is 23.1 Å². The second-order valence-corrected chi connectivity index (χ2v) is 8.98. The van der Waals surface area contributed by atoms with Gasteiger partial charge in [0.05, 0.1) is 5.69 Å². The Kier molecular flexibility index (Phi) is 5.67. The molecule has 1 aromatic carbocycles. The fourth-order valence-corrected chi connectivity index (χ4v) is 4.90. The van der Waals surface area contributed by atoms with Gasteiger partial charge < -0.3 is 14.3 Å². The highest BCUT2D eigenvalue weighted by Crippen LogP contribution is 2.60. The summed E-state index contributed by atoms with van der Waals surface area (Å²) in [6, 6.07) is 10.1. The Bertz CT molecular complexity index is 894. The number of nitrogens with zero attached hydrogens (tertiary/aromatic N) is 3. The highest BCUT2D eigenvalue weighted by molar-refractivity contribution is 5.83. The van der Waals surface area contributed by atoms with E-state index in [1.165, 1.54) is 0 Å². The monoisotopic (exact) mass is 409 g/mol. The first-order valence-electron chi connectivity index (χ1n) is 10.9. The summed E-state index contributed by atoms with van der Waals surface area (Å²) in [7, 11) is 1.90. The third-order valence-corrected chi connectivity index (χ3v) is 7.01. The number of aromatic nitrogens is 1. The molecule has 0 radical (unpaired) electrons.